The van der Waals surface area contributed by atoms with Crippen molar-refractivity contribution in [3.05, 3.63) is 0 Å². The molecule has 0 radical (unpaired) electrons. The van der Waals surface area contributed by atoms with Gasteiger partial charge in [-0.15, -0.1) is 0 Å². The van der Waals surface area contributed by atoms with Crippen LogP contribution in [0.3, 0.4) is 0 Å². The fourth-order valence-electron chi connectivity index (χ4n) is 0.989. The normalized spacial score (nSPS) is 11.3. The second-order valence-corrected chi connectivity index (χ2v) is 5.17. The molecule has 0 atom stereocenters. The van der Waals surface area contributed by atoms with Crippen LogP contribution in [0.25, 0.3) is 0 Å². The van der Waals surface area contributed by atoms with E-state index in [9.17, 15) is 9.59 Å². The van der Waals surface area contributed by atoms with Crippen molar-refractivity contribution in [1.29, 1.82) is 0 Å². The zero-order valence-electron chi connectivity index (χ0n) is 10.3. The van der Waals surface area contributed by atoms with Gasteiger partial charge >= 0.3 is 0 Å². The first-order chi connectivity index (χ1) is 6.70. The lowest BCUT2D eigenvalue weighted by atomic mass is 10.1. The van der Waals surface area contributed by atoms with Gasteiger partial charge in [0.1, 0.15) is 6.42 Å². The van der Waals surface area contributed by atoms with Crippen molar-refractivity contribution in [2.75, 3.05) is 6.54 Å². The van der Waals surface area contributed by atoms with E-state index in [4.69, 9.17) is 0 Å². The number of hydrogen-bond acceptors (Lipinski definition) is 2. The Morgan fingerprint density at radius 2 is 1.67 bits per heavy atom. The maximum Gasteiger partial charge on any atom is 0.229 e. The topological polar surface area (TPSA) is 58.2 Å². The van der Waals surface area contributed by atoms with E-state index in [0.29, 0.717) is 12.5 Å². The summed E-state index contributed by atoms with van der Waals surface area (Å²) in [5, 5.41) is 5.44. The lowest BCUT2D eigenvalue weighted by molar-refractivity contribution is -0.130. The molecule has 4 nitrogen and oxygen atoms in total. The van der Waals surface area contributed by atoms with Crippen LogP contribution in [0.15, 0.2) is 0 Å². The first-order valence-electron chi connectivity index (χ1n) is 5.28. The standard InChI is InChI=1S/C11H22N2O2/c1-8(2)7-12-9(14)6-10(15)13-11(3,4)5/h8H,6-7H2,1-5H3,(H,12,14)(H,13,15). The largest absolute Gasteiger partial charge is 0.355 e. The molecule has 4 heteroatoms. The molecule has 0 unspecified atom stereocenters. The third-order valence-corrected chi connectivity index (χ3v) is 1.54. The van der Waals surface area contributed by atoms with Gasteiger partial charge in [-0.2, -0.15) is 0 Å². The fourth-order valence-corrected chi connectivity index (χ4v) is 0.989. The molecule has 0 aromatic carbocycles. The van der Waals surface area contributed by atoms with Crippen LogP contribution >= 0.6 is 0 Å². The molecule has 88 valence electrons. The summed E-state index contributed by atoms with van der Waals surface area (Å²) < 4.78 is 0. The average molecular weight is 214 g/mol. The van der Waals surface area contributed by atoms with Gasteiger partial charge in [-0.3, -0.25) is 9.59 Å². The molecule has 0 saturated heterocycles. The van der Waals surface area contributed by atoms with Gasteiger partial charge in [0, 0.05) is 12.1 Å². The van der Waals surface area contributed by atoms with Crippen molar-refractivity contribution in [3.63, 3.8) is 0 Å². The molecule has 0 heterocycles. The minimum Gasteiger partial charge on any atom is -0.355 e. The number of nitrogens with one attached hydrogen (secondary N) is 2. The second kappa shape index (κ2) is 5.73. The van der Waals surface area contributed by atoms with Crippen LogP contribution in [-0.4, -0.2) is 23.9 Å². The van der Waals surface area contributed by atoms with Crippen LogP contribution in [0, 0.1) is 5.92 Å². The second-order valence-electron chi connectivity index (χ2n) is 5.17. The van der Waals surface area contributed by atoms with Crippen LogP contribution < -0.4 is 10.6 Å². The number of hydrogen-bond donors (Lipinski definition) is 2. The van der Waals surface area contributed by atoms with Gasteiger partial charge in [0.05, 0.1) is 0 Å². The van der Waals surface area contributed by atoms with Gasteiger partial charge in [0.25, 0.3) is 0 Å². The van der Waals surface area contributed by atoms with E-state index in [0.717, 1.165) is 0 Å². The third kappa shape index (κ3) is 9.25. The molecule has 15 heavy (non-hydrogen) atoms. The molecule has 2 N–H and O–H groups in total. The van der Waals surface area contributed by atoms with Crippen molar-refractivity contribution in [2.24, 2.45) is 5.92 Å². The van der Waals surface area contributed by atoms with Gasteiger partial charge in [0.2, 0.25) is 11.8 Å². The molecule has 2 amide bonds. The summed E-state index contributed by atoms with van der Waals surface area (Å²) in [6, 6.07) is 0. The van der Waals surface area contributed by atoms with Crippen molar-refractivity contribution in [1.82, 2.24) is 10.6 Å². The number of amides is 2. The predicted molar refractivity (Wildman–Crippen MR) is 60.4 cm³/mol. The molecule has 0 rings (SSSR count). The molecule has 0 aromatic heterocycles. The van der Waals surface area contributed by atoms with Crippen LogP contribution in [0.4, 0.5) is 0 Å². The molecule has 0 aliphatic rings. The SMILES string of the molecule is CC(C)CNC(=O)CC(=O)NC(C)(C)C. The quantitative estimate of drug-likeness (QED) is 0.688. The summed E-state index contributed by atoms with van der Waals surface area (Å²) in [6.07, 6.45) is -0.0933. The summed E-state index contributed by atoms with van der Waals surface area (Å²) in [7, 11) is 0. The summed E-state index contributed by atoms with van der Waals surface area (Å²) in [5.41, 5.74) is -0.282. The Morgan fingerprint density at radius 3 is 2.07 bits per heavy atom. The minimum absolute atomic E-state index is 0.0933. The van der Waals surface area contributed by atoms with E-state index in [1.165, 1.54) is 0 Å². The maximum atomic E-state index is 11.3. The number of carbonyl (C=O) groups excluding carboxylic acids is 2. The van der Waals surface area contributed by atoms with E-state index >= 15 is 0 Å². The Bertz CT molecular complexity index is 229. The van der Waals surface area contributed by atoms with Gasteiger partial charge in [0.15, 0.2) is 0 Å². The van der Waals surface area contributed by atoms with Gasteiger partial charge in [-0.05, 0) is 26.7 Å². The number of carbonyl (C=O) groups is 2. The highest BCUT2D eigenvalue weighted by molar-refractivity contribution is 5.97. The Balaban J connectivity index is 3.82. The lowest BCUT2D eigenvalue weighted by Crippen LogP contribution is -2.43. The van der Waals surface area contributed by atoms with Crippen LogP contribution in [-0.2, 0) is 9.59 Å². The van der Waals surface area contributed by atoms with Crippen LogP contribution in [0.5, 0.6) is 0 Å². The lowest BCUT2D eigenvalue weighted by Gasteiger charge is -2.20. The van der Waals surface area contributed by atoms with Crippen molar-refractivity contribution in [2.45, 2.75) is 46.6 Å². The first-order valence-corrected chi connectivity index (χ1v) is 5.28. The smallest absolute Gasteiger partial charge is 0.229 e. The van der Waals surface area contributed by atoms with E-state index in [1.54, 1.807) is 0 Å². The number of rotatable bonds is 4. The maximum absolute atomic E-state index is 11.3. The van der Waals surface area contributed by atoms with E-state index in [-0.39, 0.29) is 23.8 Å². The van der Waals surface area contributed by atoms with Gasteiger partial charge < -0.3 is 10.6 Å². The van der Waals surface area contributed by atoms with Crippen molar-refractivity contribution in [3.8, 4) is 0 Å². The highest BCUT2D eigenvalue weighted by Crippen LogP contribution is 1.99. The highest BCUT2D eigenvalue weighted by atomic mass is 16.2. The average Bonchev–Trinajstić information content (AvgIpc) is 1.96. The monoisotopic (exact) mass is 214 g/mol. The first kappa shape index (κ1) is 13.9. The highest BCUT2D eigenvalue weighted by Gasteiger charge is 2.16. The summed E-state index contributed by atoms with van der Waals surface area (Å²) in [6.45, 7) is 10.3. The van der Waals surface area contributed by atoms with E-state index < -0.39 is 0 Å². The molecule has 0 fully saturated rings. The molecule has 0 aliphatic carbocycles. The Morgan fingerprint density at radius 1 is 1.13 bits per heavy atom. The van der Waals surface area contributed by atoms with Gasteiger partial charge in [-0.25, -0.2) is 0 Å². The fraction of sp³-hybridized carbons (Fsp3) is 0.818. The Hall–Kier alpha value is -1.06. The predicted octanol–water partition coefficient (Wildman–Crippen LogP) is 1.06. The van der Waals surface area contributed by atoms with E-state index in [1.807, 2.05) is 34.6 Å². The summed E-state index contributed by atoms with van der Waals surface area (Å²) >= 11 is 0. The minimum atomic E-state index is -0.282. The van der Waals surface area contributed by atoms with E-state index in [2.05, 4.69) is 10.6 Å². The molecule has 0 aliphatic heterocycles. The molecule has 0 bridgehead atoms. The van der Waals surface area contributed by atoms with Crippen LogP contribution in [0.1, 0.15) is 41.0 Å². The molecule has 0 saturated carbocycles. The van der Waals surface area contributed by atoms with Gasteiger partial charge in [-0.1, -0.05) is 13.8 Å². The molecule has 0 aromatic rings. The van der Waals surface area contributed by atoms with Crippen molar-refractivity contribution >= 4 is 11.8 Å². The van der Waals surface area contributed by atoms with Crippen molar-refractivity contribution < 1.29 is 9.59 Å². The zero-order chi connectivity index (χ0) is 12.1. The van der Waals surface area contributed by atoms with Crippen LogP contribution in [0.2, 0.25) is 0 Å². The molecule has 0 spiro atoms. The summed E-state index contributed by atoms with van der Waals surface area (Å²) in [4.78, 5) is 22.6. The summed E-state index contributed by atoms with van der Waals surface area (Å²) in [5.74, 6) is -0.0474. The Labute approximate surface area is 91.8 Å². The third-order valence-electron chi connectivity index (χ3n) is 1.54. The zero-order valence-corrected chi connectivity index (χ0v) is 10.3. The Kier molecular flexibility index (Phi) is 5.33. The molecular weight excluding hydrogens is 192 g/mol. The molecular formula is C11H22N2O2.